The third-order valence-corrected chi connectivity index (χ3v) is 6.71. The Hall–Kier alpha value is -3.42. The van der Waals surface area contributed by atoms with E-state index in [1.165, 1.54) is 28.6 Å². The summed E-state index contributed by atoms with van der Waals surface area (Å²) in [6.45, 7) is 2.07. The van der Waals surface area contributed by atoms with Gasteiger partial charge in [-0.15, -0.1) is 0 Å². The molecule has 160 valence electrons. The van der Waals surface area contributed by atoms with Gasteiger partial charge in [-0.05, 0) is 53.9 Å². The average molecular weight is 465 g/mol. The van der Waals surface area contributed by atoms with Gasteiger partial charge in [-0.2, -0.15) is 0 Å². The zero-order chi connectivity index (χ0) is 22.4. The zero-order valence-corrected chi connectivity index (χ0v) is 18.5. The Kier molecular flexibility index (Phi) is 5.07. The molecule has 1 N–H and O–H groups in total. The number of rotatable bonds is 5. The second kappa shape index (κ2) is 7.93. The van der Waals surface area contributed by atoms with E-state index in [4.69, 9.17) is 16.0 Å². The van der Waals surface area contributed by atoms with Crippen molar-refractivity contribution in [2.24, 2.45) is 0 Å². The average Bonchev–Trinajstić information content (AvgIpc) is 3.52. The number of aryl methyl sites for hydroxylation is 1. The van der Waals surface area contributed by atoms with Crippen LogP contribution in [0, 0.1) is 0 Å². The monoisotopic (exact) mass is 464 g/mol. The van der Waals surface area contributed by atoms with Gasteiger partial charge in [0.15, 0.2) is 16.7 Å². The van der Waals surface area contributed by atoms with E-state index in [-0.39, 0.29) is 11.3 Å². The van der Waals surface area contributed by atoms with E-state index in [0.717, 1.165) is 22.2 Å². The van der Waals surface area contributed by atoms with Crippen molar-refractivity contribution < 1.29 is 19.1 Å². The second-order valence-corrected chi connectivity index (χ2v) is 8.80. The minimum Gasteiger partial charge on any atom is -0.503 e. The summed E-state index contributed by atoms with van der Waals surface area (Å²) in [7, 11) is 0. The first kappa shape index (κ1) is 20.5. The van der Waals surface area contributed by atoms with Crippen LogP contribution < -0.4 is 4.90 Å². The number of ketones is 1. The van der Waals surface area contributed by atoms with Crippen LogP contribution in [-0.2, 0) is 11.2 Å². The van der Waals surface area contributed by atoms with E-state index >= 15 is 0 Å². The SMILES string of the molecule is CCc1ccc2nc(N3C(=O)C(O)=C(C(=O)c4ccco4)C3c3ccc(Cl)cc3)sc2c1. The lowest BCUT2D eigenvalue weighted by atomic mass is 9.95. The van der Waals surface area contributed by atoms with E-state index in [2.05, 4.69) is 11.9 Å². The summed E-state index contributed by atoms with van der Waals surface area (Å²) >= 11 is 7.40. The highest BCUT2D eigenvalue weighted by Crippen LogP contribution is 2.44. The maximum atomic E-state index is 13.2. The summed E-state index contributed by atoms with van der Waals surface area (Å²) in [5.74, 6) is -1.82. The number of Topliss-reactive ketones (excluding diaryl/α,β-unsaturated/α-hetero) is 1. The summed E-state index contributed by atoms with van der Waals surface area (Å²) < 4.78 is 6.17. The normalized spacial score (nSPS) is 16.4. The minimum absolute atomic E-state index is 0.0389. The van der Waals surface area contributed by atoms with Crippen molar-refractivity contribution in [3.8, 4) is 0 Å². The third kappa shape index (κ3) is 3.30. The van der Waals surface area contributed by atoms with E-state index in [0.29, 0.717) is 15.7 Å². The molecule has 8 heteroatoms. The predicted octanol–water partition coefficient (Wildman–Crippen LogP) is 5.89. The number of thiazole rings is 1. The number of benzene rings is 2. The molecule has 1 aliphatic heterocycles. The van der Waals surface area contributed by atoms with Gasteiger partial charge in [0.05, 0.1) is 28.1 Å². The van der Waals surface area contributed by atoms with Gasteiger partial charge in [0.1, 0.15) is 0 Å². The van der Waals surface area contributed by atoms with Crippen LogP contribution in [0.4, 0.5) is 5.13 Å². The van der Waals surface area contributed by atoms with Crippen LogP contribution in [0.3, 0.4) is 0 Å². The number of anilines is 1. The van der Waals surface area contributed by atoms with Gasteiger partial charge >= 0.3 is 0 Å². The number of carbonyl (C=O) groups is 2. The number of hydrogen-bond acceptors (Lipinski definition) is 6. The first-order chi connectivity index (χ1) is 15.5. The standard InChI is InChI=1S/C24H17ClN2O4S/c1-2-13-5-10-16-18(12-13)32-24(26-16)27-20(14-6-8-15(25)9-7-14)19(22(29)23(27)30)21(28)17-4-3-11-31-17/h3-12,20,29H,2H2,1H3. The number of aliphatic hydroxyl groups excluding tert-OH is 1. The number of nitrogens with zero attached hydrogens (tertiary/aromatic N) is 2. The molecule has 1 amide bonds. The molecule has 0 fully saturated rings. The van der Waals surface area contributed by atoms with Crippen LogP contribution in [0.5, 0.6) is 0 Å². The topological polar surface area (TPSA) is 83.6 Å². The zero-order valence-electron chi connectivity index (χ0n) is 16.9. The largest absolute Gasteiger partial charge is 0.503 e. The van der Waals surface area contributed by atoms with Crippen molar-refractivity contribution >= 4 is 50.0 Å². The Morgan fingerprint density at radius 3 is 2.69 bits per heavy atom. The number of aliphatic hydroxyl groups is 1. The first-order valence-corrected chi connectivity index (χ1v) is 11.2. The number of furan rings is 1. The molecular formula is C24H17ClN2O4S. The van der Waals surface area contributed by atoms with Crippen molar-refractivity contribution in [1.82, 2.24) is 4.98 Å². The molecule has 1 unspecified atom stereocenters. The fraction of sp³-hybridized carbons (Fsp3) is 0.125. The van der Waals surface area contributed by atoms with Gasteiger partial charge in [-0.3, -0.25) is 14.5 Å². The number of aromatic nitrogens is 1. The van der Waals surface area contributed by atoms with E-state index in [1.807, 2.05) is 18.2 Å². The first-order valence-electron chi connectivity index (χ1n) is 9.97. The Bertz CT molecular complexity index is 1370. The van der Waals surface area contributed by atoms with Gasteiger partial charge in [0.2, 0.25) is 5.78 Å². The Morgan fingerprint density at radius 2 is 2.00 bits per heavy atom. The smallest absolute Gasteiger partial charge is 0.296 e. The van der Waals surface area contributed by atoms with Crippen LogP contribution in [-0.4, -0.2) is 21.8 Å². The van der Waals surface area contributed by atoms with Gasteiger partial charge in [0.25, 0.3) is 5.91 Å². The second-order valence-electron chi connectivity index (χ2n) is 7.35. The highest BCUT2D eigenvalue weighted by Gasteiger charge is 2.46. The Labute approximate surface area is 192 Å². The van der Waals surface area contributed by atoms with Crippen molar-refractivity contribution in [2.75, 3.05) is 4.90 Å². The van der Waals surface area contributed by atoms with E-state index in [1.54, 1.807) is 30.3 Å². The highest BCUT2D eigenvalue weighted by atomic mass is 35.5. The number of amides is 1. The summed E-state index contributed by atoms with van der Waals surface area (Å²) in [4.78, 5) is 32.4. The molecule has 4 aromatic rings. The van der Waals surface area contributed by atoms with Gasteiger partial charge in [-0.25, -0.2) is 4.98 Å². The number of carbonyl (C=O) groups excluding carboxylic acids is 2. The maximum Gasteiger partial charge on any atom is 0.296 e. The maximum absolute atomic E-state index is 13.2. The molecule has 32 heavy (non-hydrogen) atoms. The van der Waals surface area contributed by atoms with Gasteiger partial charge < -0.3 is 9.52 Å². The molecule has 0 saturated carbocycles. The number of hydrogen-bond donors (Lipinski definition) is 1. The lowest BCUT2D eigenvalue weighted by Gasteiger charge is -2.24. The molecule has 0 radical (unpaired) electrons. The fourth-order valence-electron chi connectivity index (χ4n) is 3.82. The van der Waals surface area contributed by atoms with Crippen molar-refractivity contribution in [3.63, 3.8) is 0 Å². The highest BCUT2D eigenvalue weighted by molar-refractivity contribution is 7.22. The Balaban J connectivity index is 1.67. The molecule has 0 bridgehead atoms. The molecule has 0 aliphatic carbocycles. The quantitative estimate of drug-likeness (QED) is 0.372. The lowest BCUT2D eigenvalue weighted by molar-refractivity contribution is -0.117. The summed E-state index contributed by atoms with van der Waals surface area (Å²) in [5, 5.41) is 11.7. The van der Waals surface area contributed by atoms with Crippen LogP contribution >= 0.6 is 22.9 Å². The van der Waals surface area contributed by atoms with Crippen LogP contribution in [0.15, 0.2) is 76.6 Å². The molecule has 1 atom stereocenters. The third-order valence-electron chi connectivity index (χ3n) is 5.44. The fourth-order valence-corrected chi connectivity index (χ4v) is 5.00. The molecule has 5 rings (SSSR count). The molecule has 0 saturated heterocycles. The van der Waals surface area contributed by atoms with Crippen molar-refractivity contribution in [2.45, 2.75) is 19.4 Å². The van der Waals surface area contributed by atoms with E-state index < -0.39 is 23.5 Å². The summed E-state index contributed by atoms with van der Waals surface area (Å²) in [5.41, 5.74) is 2.47. The Morgan fingerprint density at radius 1 is 1.22 bits per heavy atom. The molecular weight excluding hydrogens is 448 g/mol. The van der Waals surface area contributed by atoms with Gasteiger partial charge in [0, 0.05) is 5.02 Å². The lowest BCUT2D eigenvalue weighted by Crippen LogP contribution is -2.30. The molecule has 2 aromatic carbocycles. The summed E-state index contributed by atoms with van der Waals surface area (Å²) in [6.07, 6.45) is 2.25. The van der Waals surface area contributed by atoms with E-state index in [9.17, 15) is 14.7 Å². The minimum atomic E-state index is -0.872. The number of fused-ring (bicyclic) bond motifs is 1. The van der Waals surface area contributed by atoms with Crippen LogP contribution in [0.25, 0.3) is 10.2 Å². The number of halogens is 1. The summed E-state index contributed by atoms with van der Waals surface area (Å²) in [6, 6.07) is 15.0. The molecule has 3 heterocycles. The molecule has 1 aliphatic rings. The van der Waals surface area contributed by atoms with Gasteiger partial charge in [-0.1, -0.05) is 48.1 Å². The molecule has 2 aromatic heterocycles. The molecule has 0 spiro atoms. The predicted molar refractivity (Wildman–Crippen MR) is 123 cm³/mol. The van der Waals surface area contributed by atoms with Crippen molar-refractivity contribution in [3.05, 3.63) is 94.1 Å². The van der Waals surface area contributed by atoms with Crippen LogP contribution in [0.2, 0.25) is 5.02 Å². The van der Waals surface area contributed by atoms with Crippen LogP contribution in [0.1, 0.15) is 34.6 Å². The van der Waals surface area contributed by atoms with Crippen molar-refractivity contribution in [1.29, 1.82) is 0 Å². The molecule has 6 nitrogen and oxygen atoms in total.